The van der Waals surface area contributed by atoms with Crippen LogP contribution in [0.25, 0.3) is 0 Å². The summed E-state index contributed by atoms with van der Waals surface area (Å²) in [7, 11) is -7.46. The molecule has 0 aliphatic rings. The zero-order chi connectivity index (χ0) is 53.7. The van der Waals surface area contributed by atoms with Gasteiger partial charge in [0.25, 0.3) is 31.4 Å². The first kappa shape index (κ1) is 56.4. The van der Waals surface area contributed by atoms with Crippen LogP contribution in [0.5, 0.6) is 0 Å². The van der Waals surface area contributed by atoms with E-state index in [4.69, 9.17) is 55.9 Å². The Kier molecular flexibility index (Phi) is 17.6. The zero-order valence-electron chi connectivity index (χ0n) is 36.0. The Bertz CT molecular complexity index is 3120. The molecule has 0 aliphatic heterocycles. The van der Waals surface area contributed by atoms with Crippen LogP contribution in [-0.4, -0.2) is 75.9 Å². The molecule has 380 valence electrons. The number of rotatable bonds is 16. The standard InChI is InChI=1S/2C21H14Cl2F3N3O6S/c2*1-35-11-28(36(33,34)13-6-7-16(23)15(9-13)21(24,25)26)18-8-12(22)10-27-19(18)20(30)14-4-2-3-5-17(14)29(31)32/h2*2-10H,11H2,1H3. The van der Waals surface area contributed by atoms with Crippen molar-refractivity contribution in [1.29, 1.82) is 0 Å². The first-order valence-corrected chi connectivity index (χ1v) is 23.6. The number of para-hydroxylation sites is 2. The summed E-state index contributed by atoms with van der Waals surface area (Å²) in [5, 5.41) is 21.1. The SMILES string of the molecule is COCN(c1cc(Cl)cnc1C(=O)c1ccccc1[N+](=O)[O-])S(=O)(=O)c1ccc(Cl)c(C(F)(F)F)c1.COCN(c1cc(Cl)cnc1C(=O)c1ccccc1[N+](=O)[O-])S(=O)(=O)c1ccc(Cl)c(C(F)(F)F)c1. The molecule has 0 unspecified atom stereocenters. The van der Waals surface area contributed by atoms with Crippen molar-refractivity contribution in [3.63, 3.8) is 0 Å². The number of carbonyl (C=O) groups is 2. The number of benzene rings is 4. The lowest BCUT2D eigenvalue weighted by atomic mass is 10.0. The van der Waals surface area contributed by atoms with E-state index in [1.54, 1.807) is 0 Å². The third-order valence-corrected chi connectivity index (χ3v) is 14.0. The molecule has 18 nitrogen and oxygen atoms in total. The van der Waals surface area contributed by atoms with Gasteiger partial charge in [-0.05, 0) is 60.7 Å². The molecule has 2 heterocycles. The number of ketones is 2. The van der Waals surface area contributed by atoms with Crippen molar-refractivity contribution < 1.29 is 72.1 Å². The molecule has 0 saturated carbocycles. The van der Waals surface area contributed by atoms with Gasteiger partial charge in [0.05, 0.1) is 62.2 Å². The fraction of sp³-hybridized carbons (Fsp3) is 0.143. The molecule has 4 aromatic carbocycles. The van der Waals surface area contributed by atoms with E-state index in [-0.39, 0.29) is 10.0 Å². The topological polar surface area (TPSA) is 239 Å². The monoisotopic (exact) mass is 1130 g/mol. The van der Waals surface area contributed by atoms with Crippen LogP contribution in [0.4, 0.5) is 49.1 Å². The predicted molar refractivity (Wildman–Crippen MR) is 248 cm³/mol. The first-order chi connectivity index (χ1) is 33.6. The normalized spacial score (nSPS) is 11.8. The number of halogens is 10. The summed E-state index contributed by atoms with van der Waals surface area (Å²) >= 11 is 23.2. The van der Waals surface area contributed by atoms with E-state index in [1.807, 2.05) is 0 Å². The number of nitro benzene ring substituents is 2. The van der Waals surface area contributed by atoms with Crippen LogP contribution in [0.1, 0.15) is 43.2 Å². The van der Waals surface area contributed by atoms with Gasteiger partial charge >= 0.3 is 12.4 Å². The Morgan fingerprint density at radius 2 is 0.917 bits per heavy atom. The average molecular weight is 1130 g/mol. The first-order valence-electron chi connectivity index (χ1n) is 19.2. The molecule has 6 rings (SSSR count). The van der Waals surface area contributed by atoms with Gasteiger partial charge in [-0.3, -0.25) is 29.8 Å². The zero-order valence-corrected chi connectivity index (χ0v) is 40.6. The summed E-state index contributed by atoms with van der Waals surface area (Å²) in [6.45, 7) is -1.54. The molecule has 0 fully saturated rings. The second kappa shape index (κ2) is 22.5. The van der Waals surface area contributed by atoms with Gasteiger partial charge in [0.1, 0.15) is 36.0 Å². The molecule has 72 heavy (non-hydrogen) atoms. The van der Waals surface area contributed by atoms with Gasteiger partial charge < -0.3 is 9.47 Å². The summed E-state index contributed by atoms with van der Waals surface area (Å²) in [5.41, 5.74) is -6.84. The van der Waals surface area contributed by atoms with E-state index >= 15 is 0 Å². The van der Waals surface area contributed by atoms with Crippen molar-refractivity contribution >= 4 is 101 Å². The Morgan fingerprint density at radius 3 is 1.22 bits per heavy atom. The van der Waals surface area contributed by atoms with Gasteiger partial charge in [0.15, 0.2) is 0 Å². The highest BCUT2D eigenvalue weighted by Crippen LogP contribution is 2.40. The number of sulfonamides is 2. The fourth-order valence-electron chi connectivity index (χ4n) is 6.28. The number of nitro groups is 2. The minimum absolute atomic E-state index is 0.132. The van der Waals surface area contributed by atoms with Crippen molar-refractivity contribution in [2.75, 3.05) is 36.3 Å². The van der Waals surface area contributed by atoms with E-state index < -0.39 is 144 Å². The van der Waals surface area contributed by atoms with E-state index in [2.05, 4.69) is 9.97 Å². The number of aromatic nitrogens is 2. The van der Waals surface area contributed by atoms with Crippen LogP contribution in [0.15, 0.2) is 119 Å². The average Bonchev–Trinajstić information content (AvgIpc) is 3.31. The second-order valence-corrected chi connectivity index (χ2v) is 19.5. The number of alkyl halides is 6. The van der Waals surface area contributed by atoms with Crippen LogP contribution in [0.2, 0.25) is 20.1 Å². The second-order valence-electron chi connectivity index (χ2n) is 14.1. The van der Waals surface area contributed by atoms with Crippen LogP contribution in [0.3, 0.4) is 0 Å². The molecule has 0 spiro atoms. The Balaban J connectivity index is 0.000000267. The summed E-state index contributed by atoms with van der Waals surface area (Å²) in [5.74, 6) is -2.06. The van der Waals surface area contributed by atoms with E-state index in [1.165, 1.54) is 24.3 Å². The molecule has 6 aromatic rings. The Morgan fingerprint density at radius 1 is 0.583 bits per heavy atom. The summed E-state index contributed by atoms with van der Waals surface area (Å²) < 4.78 is 145. The molecule has 0 saturated heterocycles. The van der Waals surface area contributed by atoms with Crippen molar-refractivity contribution in [2.24, 2.45) is 0 Å². The maximum absolute atomic E-state index is 13.5. The summed E-state index contributed by atoms with van der Waals surface area (Å²) in [6, 6.07) is 15.7. The third-order valence-electron chi connectivity index (χ3n) is 9.48. The number of hydrogen-bond acceptors (Lipinski definition) is 14. The van der Waals surface area contributed by atoms with Crippen molar-refractivity contribution in [1.82, 2.24) is 9.97 Å². The molecule has 0 radical (unpaired) electrons. The quantitative estimate of drug-likeness (QED) is 0.0288. The fourth-order valence-corrected chi connectivity index (χ4v) is 9.84. The molecule has 0 atom stereocenters. The van der Waals surface area contributed by atoms with Gasteiger partial charge in [-0.25, -0.2) is 35.4 Å². The number of carbonyl (C=O) groups excluding carboxylic acids is 2. The number of hydrogen-bond donors (Lipinski definition) is 0. The number of anilines is 2. The van der Waals surface area contributed by atoms with Gasteiger partial charge in [-0.1, -0.05) is 70.7 Å². The maximum Gasteiger partial charge on any atom is 0.417 e. The van der Waals surface area contributed by atoms with Gasteiger partial charge in [-0.2, -0.15) is 26.3 Å². The number of nitrogens with zero attached hydrogens (tertiary/aromatic N) is 6. The summed E-state index contributed by atoms with van der Waals surface area (Å²) in [4.78, 5) is 53.8. The summed E-state index contributed by atoms with van der Waals surface area (Å²) in [6.07, 6.45) is -7.90. The number of methoxy groups -OCH3 is 2. The lowest BCUT2D eigenvalue weighted by Gasteiger charge is -2.25. The maximum atomic E-state index is 13.5. The molecule has 0 amide bonds. The molecular formula is C42H28Cl4F6N6O12S2. The van der Waals surface area contributed by atoms with Crippen LogP contribution in [0, 0.1) is 20.2 Å². The van der Waals surface area contributed by atoms with Crippen molar-refractivity contribution in [3.8, 4) is 0 Å². The minimum Gasteiger partial charge on any atom is -0.363 e. The number of pyridine rings is 2. The van der Waals surface area contributed by atoms with Crippen LogP contribution in [-0.2, 0) is 41.9 Å². The number of ether oxygens (including phenoxy) is 2. The van der Waals surface area contributed by atoms with Gasteiger partial charge in [0, 0.05) is 38.7 Å². The molecular weight excluding hydrogens is 1100 g/mol. The lowest BCUT2D eigenvalue weighted by Crippen LogP contribution is -2.34. The van der Waals surface area contributed by atoms with Gasteiger partial charge in [0.2, 0.25) is 11.6 Å². The van der Waals surface area contributed by atoms with Crippen molar-refractivity contribution in [2.45, 2.75) is 22.1 Å². The van der Waals surface area contributed by atoms with Crippen LogP contribution < -0.4 is 8.61 Å². The predicted octanol–water partition coefficient (Wildman–Crippen LogP) is 10.7. The molecule has 30 heteroatoms. The van der Waals surface area contributed by atoms with Gasteiger partial charge in [-0.15, -0.1) is 0 Å². The molecule has 2 aromatic heterocycles. The molecule has 0 N–H and O–H groups in total. The van der Waals surface area contributed by atoms with Crippen molar-refractivity contribution in [3.05, 3.63) is 183 Å². The highest BCUT2D eigenvalue weighted by Gasteiger charge is 2.39. The molecule has 0 aliphatic carbocycles. The highest BCUT2D eigenvalue weighted by atomic mass is 35.5. The largest absolute Gasteiger partial charge is 0.417 e. The van der Waals surface area contributed by atoms with Crippen LogP contribution >= 0.6 is 46.4 Å². The van der Waals surface area contributed by atoms with E-state index in [9.17, 15) is 73.0 Å². The molecule has 0 bridgehead atoms. The van der Waals surface area contributed by atoms with E-state index in [0.29, 0.717) is 20.7 Å². The lowest BCUT2D eigenvalue weighted by molar-refractivity contribution is -0.385. The minimum atomic E-state index is -4.96. The smallest absolute Gasteiger partial charge is 0.363 e. The third kappa shape index (κ3) is 12.4. The van der Waals surface area contributed by atoms with E-state index in [0.717, 1.165) is 87.3 Å². The Labute approximate surface area is 422 Å². The Hall–Kier alpha value is -6.52. The highest BCUT2D eigenvalue weighted by molar-refractivity contribution is 7.93.